The van der Waals surface area contributed by atoms with Gasteiger partial charge in [0.25, 0.3) is 0 Å². The Bertz CT molecular complexity index is 1090. The largest absolute Gasteiger partial charge is 0.357 e. The number of rotatable bonds is 9. The predicted octanol–water partition coefficient (Wildman–Crippen LogP) is 3.28. The van der Waals surface area contributed by atoms with E-state index < -0.39 is 28.5 Å². The molecule has 0 radical (unpaired) electrons. The molecule has 0 fully saturated rings. The zero-order valence-electron chi connectivity index (χ0n) is 19.1. The third-order valence-corrected chi connectivity index (χ3v) is 6.55. The van der Waals surface area contributed by atoms with Gasteiger partial charge in [0.05, 0.1) is 11.9 Å². The topological polar surface area (TPSA) is 86.8 Å². The summed E-state index contributed by atoms with van der Waals surface area (Å²) in [6.45, 7) is 5.24. The molecule has 9 heteroatoms. The lowest BCUT2D eigenvalue weighted by Crippen LogP contribution is -2.51. The number of amides is 2. The average Bonchev–Trinajstić information content (AvgIpc) is 2.72. The summed E-state index contributed by atoms with van der Waals surface area (Å²) in [5.74, 6) is -0.787. The van der Waals surface area contributed by atoms with Crippen LogP contribution in [0.1, 0.15) is 30.0 Å². The minimum absolute atomic E-state index is 0.179. The number of anilines is 1. The molecule has 2 aromatic rings. The van der Waals surface area contributed by atoms with E-state index in [9.17, 15) is 18.0 Å². The maximum Gasteiger partial charge on any atom is 0.244 e. The zero-order valence-corrected chi connectivity index (χ0v) is 20.6. The first-order chi connectivity index (χ1) is 15.0. The number of nitrogens with one attached hydrogen (secondary N) is 1. The Morgan fingerprint density at radius 3 is 2.38 bits per heavy atom. The van der Waals surface area contributed by atoms with Crippen LogP contribution in [0.4, 0.5) is 5.69 Å². The van der Waals surface area contributed by atoms with Gasteiger partial charge >= 0.3 is 0 Å². The van der Waals surface area contributed by atoms with Crippen molar-refractivity contribution in [3.05, 3.63) is 64.2 Å². The minimum Gasteiger partial charge on any atom is -0.357 e. The fraction of sp³-hybridized carbons (Fsp3) is 0.391. The Morgan fingerprint density at radius 2 is 1.81 bits per heavy atom. The van der Waals surface area contributed by atoms with Crippen LogP contribution in [0.15, 0.2) is 42.5 Å². The van der Waals surface area contributed by atoms with E-state index in [2.05, 4.69) is 5.32 Å². The molecule has 2 aromatic carbocycles. The highest BCUT2D eigenvalue weighted by molar-refractivity contribution is 7.92. The van der Waals surface area contributed by atoms with Crippen molar-refractivity contribution in [1.29, 1.82) is 0 Å². The molecule has 0 bridgehead atoms. The molecule has 0 saturated heterocycles. The Hall–Kier alpha value is -2.58. The summed E-state index contributed by atoms with van der Waals surface area (Å²) in [4.78, 5) is 27.5. The molecular formula is C23H30ClN3O4S. The van der Waals surface area contributed by atoms with Gasteiger partial charge in [0.15, 0.2) is 0 Å². The molecule has 0 unspecified atom stereocenters. The molecule has 32 heavy (non-hydrogen) atoms. The van der Waals surface area contributed by atoms with E-state index in [1.165, 1.54) is 18.0 Å². The molecule has 0 saturated carbocycles. The molecule has 1 N–H and O–H groups in total. The van der Waals surface area contributed by atoms with E-state index in [0.29, 0.717) is 22.7 Å². The highest BCUT2D eigenvalue weighted by Gasteiger charge is 2.31. The zero-order chi connectivity index (χ0) is 24.1. The van der Waals surface area contributed by atoms with Crippen LogP contribution in [0.25, 0.3) is 0 Å². The van der Waals surface area contributed by atoms with E-state index in [-0.39, 0.29) is 12.5 Å². The molecule has 1 atom stereocenters. The van der Waals surface area contributed by atoms with Gasteiger partial charge in [-0.1, -0.05) is 54.4 Å². The lowest BCUT2D eigenvalue weighted by molar-refractivity contribution is -0.140. The van der Waals surface area contributed by atoms with E-state index >= 15 is 0 Å². The SMILES string of the molecule is CC[C@@H](C(=O)NC)N(Cc1cccc(C)c1)C(=O)CN(c1cc(Cl)ccc1C)S(C)(=O)=O. The van der Waals surface area contributed by atoms with Crippen molar-refractivity contribution in [3.8, 4) is 0 Å². The molecule has 174 valence electrons. The maximum atomic E-state index is 13.5. The van der Waals surface area contributed by atoms with Crippen LogP contribution in [0.3, 0.4) is 0 Å². The molecular weight excluding hydrogens is 450 g/mol. The number of carbonyl (C=O) groups is 2. The number of hydrogen-bond donors (Lipinski definition) is 1. The van der Waals surface area contributed by atoms with Gasteiger partial charge in [-0.05, 0) is 43.5 Å². The van der Waals surface area contributed by atoms with Crippen LogP contribution < -0.4 is 9.62 Å². The van der Waals surface area contributed by atoms with Gasteiger partial charge in [-0.3, -0.25) is 13.9 Å². The lowest BCUT2D eigenvalue weighted by atomic mass is 10.1. The van der Waals surface area contributed by atoms with Gasteiger partial charge in [-0.15, -0.1) is 0 Å². The predicted molar refractivity (Wildman–Crippen MR) is 128 cm³/mol. The van der Waals surface area contributed by atoms with Gasteiger partial charge < -0.3 is 10.2 Å². The molecule has 2 rings (SSSR count). The van der Waals surface area contributed by atoms with Crippen molar-refractivity contribution in [3.63, 3.8) is 0 Å². The number of hydrogen-bond acceptors (Lipinski definition) is 4. The smallest absolute Gasteiger partial charge is 0.244 e. The van der Waals surface area contributed by atoms with Crippen molar-refractivity contribution in [2.24, 2.45) is 0 Å². The van der Waals surface area contributed by atoms with Crippen molar-refractivity contribution < 1.29 is 18.0 Å². The van der Waals surface area contributed by atoms with Crippen LogP contribution in [0.2, 0.25) is 5.02 Å². The summed E-state index contributed by atoms with van der Waals surface area (Å²) < 4.78 is 26.3. The number of benzene rings is 2. The van der Waals surface area contributed by atoms with Gasteiger partial charge in [0.1, 0.15) is 12.6 Å². The first-order valence-electron chi connectivity index (χ1n) is 10.3. The number of aryl methyl sites for hydroxylation is 2. The van der Waals surface area contributed by atoms with E-state index in [4.69, 9.17) is 11.6 Å². The third kappa shape index (κ3) is 6.46. The molecule has 0 spiro atoms. The molecule has 0 aliphatic carbocycles. The highest BCUT2D eigenvalue weighted by atomic mass is 35.5. The van der Waals surface area contributed by atoms with Gasteiger partial charge in [-0.25, -0.2) is 8.42 Å². The lowest BCUT2D eigenvalue weighted by Gasteiger charge is -2.33. The maximum absolute atomic E-state index is 13.5. The summed E-state index contributed by atoms with van der Waals surface area (Å²) in [6, 6.07) is 11.8. The monoisotopic (exact) mass is 479 g/mol. The second-order valence-corrected chi connectivity index (χ2v) is 10.1. The quantitative estimate of drug-likeness (QED) is 0.598. The number of likely N-dealkylation sites (N-methyl/N-ethyl adjacent to an activating group) is 1. The Labute approximate surface area is 195 Å². The first-order valence-corrected chi connectivity index (χ1v) is 12.5. The summed E-state index contributed by atoms with van der Waals surface area (Å²) in [7, 11) is -2.28. The third-order valence-electron chi connectivity index (χ3n) is 5.19. The minimum atomic E-state index is -3.80. The molecule has 7 nitrogen and oxygen atoms in total. The van der Waals surface area contributed by atoms with Gasteiger partial charge in [0, 0.05) is 18.6 Å². The van der Waals surface area contributed by atoms with Crippen LogP contribution >= 0.6 is 11.6 Å². The molecule has 0 aliphatic heterocycles. The standard InChI is InChI=1S/C23H30ClN3O4S/c1-6-20(23(29)25-4)26(14-18-9-7-8-16(2)12-18)22(28)15-27(32(5,30)31)21-13-19(24)11-10-17(21)3/h7-13,20H,6,14-15H2,1-5H3,(H,25,29)/t20-/m0/s1. The fourth-order valence-electron chi connectivity index (χ4n) is 3.54. The van der Waals surface area contributed by atoms with E-state index in [0.717, 1.165) is 21.7 Å². The van der Waals surface area contributed by atoms with Crippen LogP contribution in [-0.4, -0.2) is 51.0 Å². The van der Waals surface area contributed by atoms with Crippen molar-refractivity contribution >= 4 is 39.1 Å². The molecule has 0 heterocycles. The fourth-order valence-corrected chi connectivity index (χ4v) is 4.60. The second kappa shape index (κ2) is 10.8. The highest BCUT2D eigenvalue weighted by Crippen LogP contribution is 2.27. The summed E-state index contributed by atoms with van der Waals surface area (Å²) >= 11 is 6.10. The molecule has 2 amide bonds. The van der Waals surface area contributed by atoms with Crippen molar-refractivity contribution in [1.82, 2.24) is 10.2 Å². The number of halogens is 1. The number of sulfonamides is 1. The summed E-state index contributed by atoms with van der Waals surface area (Å²) in [5.41, 5.74) is 2.87. The summed E-state index contributed by atoms with van der Waals surface area (Å²) in [6.07, 6.45) is 1.42. The van der Waals surface area contributed by atoms with E-state index in [1.54, 1.807) is 19.1 Å². The Kier molecular flexibility index (Phi) is 8.69. The van der Waals surface area contributed by atoms with Crippen LogP contribution in [0, 0.1) is 13.8 Å². The van der Waals surface area contributed by atoms with Crippen LogP contribution in [-0.2, 0) is 26.2 Å². The van der Waals surface area contributed by atoms with Gasteiger partial charge in [0.2, 0.25) is 21.8 Å². The van der Waals surface area contributed by atoms with Gasteiger partial charge in [-0.2, -0.15) is 0 Å². The van der Waals surface area contributed by atoms with Crippen molar-refractivity contribution in [2.75, 3.05) is 24.2 Å². The summed E-state index contributed by atoms with van der Waals surface area (Å²) in [5, 5.41) is 2.96. The van der Waals surface area contributed by atoms with Crippen LogP contribution in [0.5, 0.6) is 0 Å². The Balaban J connectivity index is 2.47. The second-order valence-electron chi connectivity index (χ2n) is 7.75. The normalized spacial score (nSPS) is 12.2. The van der Waals surface area contributed by atoms with Crippen molar-refractivity contribution in [2.45, 2.75) is 39.8 Å². The first kappa shape index (κ1) is 25.7. The molecule has 0 aliphatic rings. The molecule has 0 aromatic heterocycles. The Morgan fingerprint density at radius 1 is 1.12 bits per heavy atom. The average molecular weight is 480 g/mol. The number of carbonyl (C=O) groups excluding carboxylic acids is 2. The van der Waals surface area contributed by atoms with E-state index in [1.807, 2.05) is 38.1 Å². The number of nitrogens with zero attached hydrogens (tertiary/aromatic N) is 2.